The summed E-state index contributed by atoms with van der Waals surface area (Å²) in [5.74, 6) is 0.720. The van der Waals surface area contributed by atoms with Crippen molar-refractivity contribution in [2.24, 2.45) is 0 Å². The van der Waals surface area contributed by atoms with E-state index in [9.17, 15) is 4.79 Å². The number of nitrogens with one attached hydrogen (secondary N) is 1. The fourth-order valence-electron chi connectivity index (χ4n) is 2.82. The van der Waals surface area contributed by atoms with Gasteiger partial charge < -0.3 is 9.55 Å². The zero-order valence-corrected chi connectivity index (χ0v) is 10.7. The van der Waals surface area contributed by atoms with Crippen molar-refractivity contribution in [3.8, 4) is 11.5 Å². The molecule has 0 amide bonds. The topological polar surface area (TPSA) is 63.6 Å². The van der Waals surface area contributed by atoms with Gasteiger partial charge in [-0.15, -0.1) is 0 Å². The van der Waals surface area contributed by atoms with Crippen molar-refractivity contribution >= 4 is 0 Å². The maximum absolute atomic E-state index is 12.2. The van der Waals surface area contributed by atoms with Crippen molar-refractivity contribution in [1.29, 1.82) is 0 Å². The van der Waals surface area contributed by atoms with Crippen LogP contribution in [0.3, 0.4) is 0 Å². The van der Waals surface area contributed by atoms with E-state index in [0.717, 1.165) is 42.9 Å². The molecule has 2 aliphatic carbocycles. The smallest absolute Gasteiger partial charge is 0.277 e. The minimum Gasteiger partial charge on any atom is -0.326 e. The summed E-state index contributed by atoms with van der Waals surface area (Å²) >= 11 is 0. The van der Waals surface area contributed by atoms with Crippen LogP contribution in [0.25, 0.3) is 11.5 Å². The molecule has 98 valence electrons. The van der Waals surface area contributed by atoms with Crippen LogP contribution in [0.4, 0.5) is 0 Å². The van der Waals surface area contributed by atoms with Gasteiger partial charge in [0.25, 0.3) is 5.56 Å². The maximum atomic E-state index is 12.2. The normalized spacial score (nSPS) is 18.3. The lowest BCUT2D eigenvalue weighted by Gasteiger charge is -2.15. The van der Waals surface area contributed by atoms with Crippen molar-refractivity contribution < 1.29 is 0 Å². The van der Waals surface area contributed by atoms with E-state index in [0.29, 0.717) is 11.7 Å². The zero-order valence-electron chi connectivity index (χ0n) is 10.7. The van der Waals surface area contributed by atoms with Gasteiger partial charge >= 0.3 is 0 Å². The highest BCUT2D eigenvalue weighted by Crippen LogP contribution is 2.37. The van der Waals surface area contributed by atoms with Crippen LogP contribution in [-0.4, -0.2) is 19.5 Å². The highest BCUT2D eigenvalue weighted by molar-refractivity contribution is 5.49. The summed E-state index contributed by atoms with van der Waals surface area (Å²) in [6.45, 7) is 0. The second-order valence-corrected chi connectivity index (χ2v) is 5.44. The largest absolute Gasteiger partial charge is 0.326 e. The zero-order chi connectivity index (χ0) is 12.8. The SMILES string of the molecule is O=c1[nH]c2c(nc1-c1nccn1C1CC1)CCCC2. The van der Waals surface area contributed by atoms with Crippen molar-refractivity contribution in [3.63, 3.8) is 0 Å². The number of aryl methyl sites for hydroxylation is 2. The number of hydrogen-bond donors (Lipinski definition) is 1. The number of imidazole rings is 1. The van der Waals surface area contributed by atoms with Crippen LogP contribution in [0.1, 0.15) is 43.1 Å². The first kappa shape index (κ1) is 11.0. The fourth-order valence-corrected chi connectivity index (χ4v) is 2.82. The van der Waals surface area contributed by atoms with E-state index in [1.54, 1.807) is 6.20 Å². The van der Waals surface area contributed by atoms with E-state index in [1.165, 1.54) is 12.8 Å². The standard InChI is InChI=1S/C14H16N4O/c19-14-12(13-15-7-8-18(13)9-5-6-9)16-10-3-1-2-4-11(10)17-14/h7-9H,1-6H2,(H,17,19). The molecule has 0 radical (unpaired) electrons. The van der Waals surface area contributed by atoms with E-state index in [-0.39, 0.29) is 5.56 Å². The summed E-state index contributed by atoms with van der Waals surface area (Å²) in [7, 11) is 0. The molecule has 0 saturated heterocycles. The van der Waals surface area contributed by atoms with E-state index in [1.807, 2.05) is 6.20 Å². The average Bonchev–Trinajstić information content (AvgIpc) is 3.16. The van der Waals surface area contributed by atoms with Crippen molar-refractivity contribution in [1.82, 2.24) is 19.5 Å². The van der Waals surface area contributed by atoms with Crippen molar-refractivity contribution in [2.45, 2.75) is 44.6 Å². The van der Waals surface area contributed by atoms with Crippen LogP contribution in [0.5, 0.6) is 0 Å². The molecule has 0 bridgehead atoms. The predicted octanol–water partition coefficient (Wildman–Crippen LogP) is 1.85. The molecule has 1 N–H and O–H groups in total. The third-order valence-electron chi connectivity index (χ3n) is 3.99. The number of H-pyrrole nitrogens is 1. The average molecular weight is 256 g/mol. The second-order valence-electron chi connectivity index (χ2n) is 5.44. The molecule has 0 spiro atoms. The molecule has 2 heterocycles. The quantitative estimate of drug-likeness (QED) is 0.891. The Bertz CT molecular complexity index is 681. The molecule has 4 rings (SSSR count). The minimum atomic E-state index is -0.103. The van der Waals surface area contributed by atoms with Gasteiger partial charge in [-0.25, -0.2) is 9.97 Å². The Morgan fingerprint density at radius 2 is 2.11 bits per heavy atom. The Morgan fingerprint density at radius 1 is 1.26 bits per heavy atom. The Kier molecular flexibility index (Phi) is 2.33. The Labute approximate surface area is 110 Å². The number of fused-ring (bicyclic) bond motifs is 1. The lowest BCUT2D eigenvalue weighted by Crippen LogP contribution is -2.21. The minimum absolute atomic E-state index is 0.103. The summed E-state index contributed by atoms with van der Waals surface area (Å²) in [5.41, 5.74) is 2.45. The van der Waals surface area contributed by atoms with Crippen molar-refractivity contribution in [3.05, 3.63) is 34.1 Å². The van der Waals surface area contributed by atoms with Crippen LogP contribution < -0.4 is 5.56 Å². The first-order valence-electron chi connectivity index (χ1n) is 6.98. The third kappa shape index (κ3) is 1.80. The molecule has 0 unspecified atom stereocenters. The summed E-state index contributed by atoms with van der Waals surface area (Å²) in [6.07, 6.45) is 10.3. The van der Waals surface area contributed by atoms with Gasteiger partial charge in [-0.05, 0) is 38.5 Å². The molecular formula is C14H16N4O. The van der Waals surface area contributed by atoms with Gasteiger partial charge in [0.15, 0.2) is 11.5 Å². The molecule has 0 atom stereocenters. The third-order valence-corrected chi connectivity index (χ3v) is 3.99. The number of aromatic nitrogens is 4. The van der Waals surface area contributed by atoms with Crippen LogP contribution in [-0.2, 0) is 12.8 Å². The molecule has 2 aliphatic rings. The molecule has 2 aromatic heterocycles. The molecular weight excluding hydrogens is 240 g/mol. The Morgan fingerprint density at radius 3 is 2.95 bits per heavy atom. The molecule has 5 nitrogen and oxygen atoms in total. The molecule has 5 heteroatoms. The van der Waals surface area contributed by atoms with E-state index in [4.69, 9.17) is 0 Å². The van der Waals surface area contributed by atoms with Gasteiger partial charge in [-0.1, -0.05) is 0 Å². The van der Waals surface area contributed by atoms with Gasteiger partial charge in [-0.3, -0.25) is 4.79 Å². The number of rotatable bonds is 2. The molecule has 1 fully saturated rings. The highest BCUT2D eigenvalue weighted by Gasteiger charge is 2.27. The van der Waals surface area contributed by atoms with Crippen LogP contribution in [0, 0.1) is 0 Å². The second kappa shape index (κ2) is 4.05. The van der Waals surface area contributed by atoms with Crippen LogP contribution in [0.15, 0.2) is 17.2 Å². The van der Waals surface area contributed by atoms with Crippen molar-refractivity contribution in [2.75, 3.05) is 0 Å². The van der Waals surface area contributed by atoms with E-state index < -0.39 is 0 Å². The van der Waals surface area contributed by atoms with Gasteiger partial charge in [0, 0.05) is 24.1 Å². The highest BCUT2D eigenvalue weighted by atomic mass is 16.1. The van der Waals surface area contributed by atoms with Gasteiger partial charge in [0.05, 0.1) is 5.69 Å². The van der Waals surface area contributed by atoms with Gasteiger partial charge in [-0.2, -0.15) is 0 Å². The molecule has 1 saturated carbocycles. The molecule has 0 aliphatic heterocycles. The fraction of sp³-hybridized carbons (Fsp3) is 0.500. The maximum Gasteiger partial charge on any atom is 0.277 e. The number of nitrogens with zero attached hydrogens (tertiary/aromatic N) is 3. The monoisotopic (exact) mass is 256 g/mol. The molecule has 19 heavy (non-hydrogen) atoms. The van der Waals surface area contributed by atoms with Gasteiger partial charge in [0.2, 0.25) is 0 Å². The van der Waals surface area contributed by atoms with Gasteiger partial charge in [0.1, 0.15) is 0 Å². The molecule has 2 aromatic rings. The summed E-state index contributed by atoms with van der Waals surface area (Å²) < 4.78 is 2.09. The number of aromatic amines is 1. The number of hydrogen-bond acceptors (Lipinski definition) is 3. The molecule has 0 aromatic carbocycles. The Hall–Kier alpha value is -1.91. The Balaban J connectivity index is 1.86. The van der Waals surface area contributed by atoms with Crippen LogP contribution in [0.2, 0.25) is 0 Å². The van der Waals surface area contributed by atoms with E-state index >= 15 is 0 Å². The predicted molar refractivity (Wildman–Crippen MR) is 71.0 cm³/mol. The lowest BCUT2D eigenvalue weighted by atomic mass is 10.0. The summed E-state index contributed by atoms with van der Waals surface area (Å²) in [6, 6.07) is 0.509. The summed E-state index contributed by atoms with van der Waals surface area (Å²) in [4.78, 5) is 24.2. The summed E-state index contributed by atoms with van der Waals surface area (Å²) in [5, 5.41) is 0. The first-order chi connectivity index (χ1) is 9.33. The first-order valence-corrected chi connectivity index (χ1v) is 6.98. The lowest BCUT2D eigenvalue weighted by molar-refractivity contribution is 0.645. The van der Waals surface area contributed by atoms with E-state index in [2.05, 4.69) is 19.5 Å². The van der Waals surface area contributed by atoms with Crippen LogP contribution >= 0.6 is 0 Å².